The molecule has 228 valence electrons. The molecular weight excluding hydrogens is 564 g/mol. The largest absolute Gasteiger partial charge is 0.416 e. The number of likely N-dealkylation sites (N-methyl/N-ethyl adjacent to an activating group) is 1. The molecule has 7 nitrogen and oxygen atoms in total. The normalized spacial score (nSPS) is 17.1. The average molecular weight is 598 g/mol. The lowest BCUT2D eigenvalue weighted by atomic mass is 9.98. The van der Waals surface area contributed by atoms with Crippen molar-refractivity contribution < 1.29 is 36.0 Å². The topological polar surface area (TPSA) is 64.2 Å². The highest BCUT2D eigenvalue weighted by Crippen LogP contribution is 2.37. The number of para-hydroxylation sites is 1. The molecule has 1 fully saturated rings. The summed E-state index contributed by atoms with van der Waals surface area (Å²) in [6.45, 7) is 2.68. The molecule has 0 spiro atoms. The van der Waals surface area contributed by atoms with Crippen LogP contribution in [-0.4, -0.2) is 91.3 Å². The van der Waals surface area contributed by atoms with Crippen molar-refractivity contribution in [2.75, 3.05) is 53.4 Å². The number of halogens is 6. The maximum atomic E-state index is 13.6. The van der Waals surface area contributed by atoms with Gasteiger partial charge in [-0.3, -0.25) is 9.69 Å². The molecule has 1 aliphatic rings. The number of aromatic nitrogens is 1. The lowest BCUT2D eigenvalue weighted by Crippen LogP contribution is -2.56. The number of nitrogens with zero attached hydrogens (tertiary/aromatic N) is 4. The van der Waals surface area contributed by atoms with Crippen molar-refractivity contribution in [3.63, 3.8) is 0 Å². The van der Waals surface area contributed by atoms with E-state index in [1.54, 1.807) is 6.21 Å². The van der Waals surface area contributed by atoms with Gasteiger partial charge < -0.3 is 19.6 Å². The average Bonchev–Trinajstić information content (AvgIpc) is 3.33. The smallest absolute Gasteiger partial charge is 0.395 e. The number of fused-ring (bicyclic) bond motifs is 1. The zero-order chi connectivity index (χ0) is 30.5. The van der Waals surface area contributed by atoms with E-state index in [1.807, 2.05) is 49.5 Å². The van der Waals surface area contributed by atoms with Crippen molar-refractivity contribution in [2.24, 2.45) is 5.16 Å². The summed E-state index contributed by atoms with van der Waals surface area (Å²) in [5, 5.41) is 4.88. The Morgan fingerprint density at radius 2 is 1.76 bits per heavy atom. The van der Waals surface area contributed by atoms with Crippen LogP contribution in [0.3, 0.4) is 0 Å². The van der Waals surface area contributed by atoms with Gasteiger partial charge in [-0.15, -0.1) is 0 Å². The van der Waals surface area contributed by atoms with Crippen molar-refractivity contribution in [3.05, 3.63) is 70.9 Å². The molecule has 2 heterocycles. The monoisotopic (exact) mass is 597 g/mol. The number of alkyl halides is 6. The SMILES string of the molecule is CN(C)CCON=CCCN1CCN(C(=O)c2cc(C(F)(F)F)cc(C(F)(F)F)c2)[C@H](Cc2c[nH]c3ccccc23)C1. The van der Waals surface area contributed by atoms with Gasteiger partial charge in [0.1, 0.15) is 6.61 Å². The number of hydrogen-bond donors (Lipinski definition) is 1. The third-order valence-corrected chi connectivity index (χ3v) is 7.15. The maximum absolute atomic E-state index is 13.6. The van der Waals surface area contributed by atoms with Crippen LogP contribution in [0.25, 0.3) is 10.9 Å². The Bertz CT molecular complexity index is 1350. The summed E-state index contributed by atoms with van der Waals surface area (Å²) >= 11 is 0. The van der Waals surface area contributed by atoms with Crippen LogP contribution in [-0.2, 0) is 23.6 Å². The fraction of sp³-hybridized carbons (Fsp3) is 0.448. The molecule has 1 atom stereocenters. The van der Waals surface area contributed by atoms with Crippen LogP contribution in [0.1, 0.15) is 33.5 Å². The molecule has 4 rings (SSSR count). The molecule has 13 heteroatoms. The van der Waals surface area contributed by atoms with Crippen molar-refractivity contribution >= 4 is 23.0 Å². The van der Waals surface area contributed by atoms with Gasteiger partial charge in [-0.2, -0.15) is 26.3 Å². The Morgan fingerprint density at radius 1 is 1.07 bits per heavy atom. The van der Waals surface area contributed by atoms with Crippen molar-refractivity contribution in [1.29, 1.82) is 0 Å². The number of H-pyrrole nitrogens is 1. The molecule has 0 saturated carbocycles. The molecule has 1 amide bonds. The minimum Gasteiger partial charge on any atom is -0.395 e. The predicted molar refractivity (Wildman–Crippen MR) is 147 cm³/mol. The van der Waals surface area contributed by atoms with E-state index in [1.165, 1.54) is 4.90 Å². The Labute approximate surface area is 239 Å². The summed E-state index contributed by atoms with van der Waals surface area (Å²) in [6, 6.07) is 8.10. The molecule has 1 saturated heterocycles. The van der Waals surface area contributed by atoms with Crippen molar-refractivity contribution in [1.82, 2.24) is 19.7 Å². The van der Waals surface area contributed by atoms with E-state index in [0.717, 1.165) is 23.0 Å². The molecule has 0 bridgehead atoms. The van der Waals surface area contributed by atoms with E-state index in [0.29, 0.717) is 51.2 Å². The molecule has 1 N–H and O–H groups in total. The van der Waals surface area contributed by atoms with Crippen LogP contribution >= 0.6 is 0 Å². The number of benzene rings is 2. The van der Waals surface area contributed by atoms with Gasteiger partial charge >= 0.3 is 12.4 Å². The van der Waals surface area contributed by atoms with Crippen LogP contribution in [0.5, 0.6) is 0 Å². The molecule has 2 aromatic carbocycles. The van der Waals surface area contributed by atoms with E-state index in [9.17, 15) is 31.1 Å². The molecule has 0 unspecified atom stereocenters. The maximum Gasteiger partial charge on any atom is 0.416 e. The first-order valence-corrected chi connectivity index (χ1v) is 13.5. The number of piperazine rings is 1. The highest BCUT2D eigenvalue weighted by molar-refractivity contribution is 5.95. The first kappa shape index (κ1) is 31.4. The third kappa shape index (κ3) is 8.03. The first-order valence-electron chi connectivity index (χ1n) is 13.5. The van der Waals surface area contributed by atoms with E-state index >= 15 is 0 Å². The van der Waals surface area contributed by atoms with Gasteiger partial charge in [-0.1, -0.05) is 23.4 Å². The summed E-state index contributed by atoms with van der Waals surface area (Å²) in [5.41, 5.74) is -1.89. The molecule has 42 heavy (non-hydrogen) atoms. The lowest BCUT2D eigenvalue weighted by Gasteiger charge is -2.41. The zero-order valence-corrected chi connectivity index (χ0v) is 23.3. The molecule has 0 aliphatic carbocycles. The van der Waals surface area contributed by atoms with Crippen molar-refractivity contribution in [2.45, 2.75) is 31.2 Å². The van der Waals surface area contributed by atoms with Gasteiger partial charge in [-0.25, -0.2) is 0 Å². The minimum atomic E-state index is -5.05. The van der Waals surface area contributed by atoms with E-state index in [2.05, 4.69) is 15.0 Å². The summed E-state index contributed by atoms with van der Waals surface area (Å²) in [5.74, 6) is -0.869. The van der Waals surface area contributed by atoms with Gasteiger partial charge in [0.25, 0.3) is 5.91 Å². The van der Waals surface area contributed by atoms with Crippen LogP contribution < -0.4 is 0 Å². The van der Waals surface area contributed by atoms with E-state index in [-0.39, 0.29) is 12.6 Å². The Hall–Kier alpha value is -3.58. The molecule has 1 aromatic heterocycles. The van der Waals surface area contributed by atoms with Crippen LogP contribution in [0.15, 0.2) is 53.8 Å². The predicted octanol–water partition coefficient (Wildman–Crippen LogP) is 5.53. The van der Waals surface area contributed by atoms with E-state index < -0.39 is 41.0 Å². The third-order valence-electron chi connectivity index (χ3n) is 7.15. The number of nitrogens with one attached hydrogen (secondary N) is 1. The summed E-state index contributed by atoms with van der Waals surface area (Å²) in [7, 11) is 3.85. The van der Waals surface area contributed by atoms with Crippen LogP contribution in [0.4, 0.5) is 26.3 Å². The van der Waals surface area contributed by atoms with Crippen molar-refractivity contribution in [3.8, 4) is 0 Å². The number of carbonyl (C=O) groups is 1. The molecular formula is C29H33F6N5O2. The molecule has 1 aliphatic heterocycles. The summed E-state index contributed by atoms with van der Waals surface area (Å²) < 4.78 is 81.0. The van der Waals surface area contributed by atoms with Gasteiger partial charge in [0.05, 0.1) is 11.1 Å². The second-order valence-corrected chi connectivity index (χ2v) is 10.5. The lowest BCUT2D eigenvalue weighted by molar-refractivity contribution is -0.143. The van der Waals surface area contributed by atoms with Crippen LogP contribution in [0.2, 0.25) is 0 Å². The van der Waals surface area contributed by atoms with Gasteiger partial charge in [-0.05, 0) is 56.8 Å². The fourth-order valence-electron chi connectivity index (χ4n) is 4.99. The highest BCUT2D eigenvalue weighted by Gasteiger charge is 2.39. The Kier molecular flexibility index (Phi) is 9.82. The van der Waals surface area contributed by atoms with Gasteiger partial charge in [0.2, 0.25) is 0 Å². The van der Waals surface area contributed by atoms with Gasteiger partial charge in [0.15, 0.2) is 0 Å². The second kappa shape index (κ2) is 13.2. The minimum absolute atomic E-state index is 0.0317. The fourth-order valence-corrected chi connectivity index (χ4v) is 4.99. The highest BCUT2D eigenvalue weighted by atomic mass is 19.4. The number of aromatic amines is 1. The Morgan fingerprint density at radius 3 is 2.43 bits per heavy atom. The van der Waals surface area contributed by atoms with Gasteiger partial charge in [0, 0.05) is 67.6 Å². The molecule has 0 radical (unpaired) electrons. The number of amides is 1. The number of carbonyl (C=O) groups excluding carboxylic acids is 1. The van der Waals surface area contributed by atoms with Crippen LogP contribution in [0, 0.1) is 0 Å². The second-order valence-electron chi connectivity index (χ2n) is 10.5. The summed E-state index contributed by atoms with van der Waals surface area (Å²) in [4.78, 5) is 27.5. The quantitative estimate of drug-likeness (QED) is 0.145. The number of hydrogen-bond acceptors (Lipinski definition) is 5. The molecule has 3 aromatic rings. The summed E-state index contributed by atoms with van der Waals surface area (Å²) in [6.07, 6.45) is -5.69. The zero-order valence-electron chi connectivity index (χ0n) is 23.3. The Balaban J connectivity index is 1.56. The number of rotatable bonds is 10. The standard InChI is InChI=1S/C29H33F6N5O2/c1-38(2)12-13-42-37-8-5-9-39-10-11-40(24(19-39)16-21-18-36-26-7-4-3-6-25(21)26)27(41)20-14-22(28(30,31)32)17-23(15-20)29(33,34)35/h3-4,6-8,14-15,17-18,24,36H,5,9-13,16,19H2,1-2H3/t24-/m1/s1. The van der Waals surface area contributed by atoms with E-state index in [4.69, 9.17) is 4.84 Å². The first-order chi connectivity index (χ1) is 19.8. The number of oxime groups is 1.